The molecule has 1 aliphatic rings. The minimum Gasteiger partial charge on any atom is -0.394 e. The first-order chi connectivity index (χ1) is 10.1. The number of rotatable bonds is 6. The molecule has 0 heterocycles. The molecule has 0 unspecified atom stereocenters. The normalized spacial score (nSPS) is 15.1. The topological polar surface area (TPSA) is 90.5 Å². The van der Waals surface area contributed by atoms with Gasteiger partial charge in [0.25, 0.3) is 0 Å². The van der Waals surface area contributed by atoms with Crippen LogP contribution in [0.25, 0.3) is 0 Å². The summed E-state index contributed by atoms with van der Waals surface area (Å²) in [6.07, 6.45) is 1.96. The van der Waals surface area contributed by atoms with Crippen molar-refractivity contribution >= 4 is 17.6 Å². The summed E-state index contributed by atoms with van der Waals surface area (Å²) in [7, 11) is 0. The Hall–Kier alpha value is -2.08. The van der Waals surface area contributed by atoms with Gasteiger partial charge in [0.05, 0.1) is 12.6 Å². The van der Waals surface area contributed by atoms with Gasteiger partial charge in [-0.3, -0.25) is 4.79 Å². The van der Waals surface area contributed by atoms with Gasteiger partial charge < -0.3 is 21.1 Å². The first-order valence-electron chi connectivity index (χ1n) is 7.13. The van der Waals surface area contributed by atoms with Crippen molar-refractivity contribution in [1.82, 2.24) is 10.6 Å². The summed E-state index contributed by atoms with van der Waals surface area (Å²) >= 11 is 0. The molecule has 1 aliphatic carbocycles. The third-order valence-electron chi connectivity index (χ3n) is 3.27. The van der Waals surface area contributed by atoms with Crippen LogP contribution in [0.1, 0.15) is 25.3 Å². The highest BCUT2D eigenvalue weighted by atomic mass is 16.3. The lowest BCUT2D eigenvalue weighted by Gasteiger charge is -2.12. The molecule has 4 N–H and O–H groups in total. The number of anilines is 1. The molecule has 3 amide bonds. The summed E-state index contributed by atoms with van der Waals surface area (Å²) in [6.45, 7) is 2.01. The van der Waals surface area contributed by atoms with Crippen LogP contribution in [0, 0.1) is 5.92 Å². The van der Waals surface area contributed by atoms with Crippen LogP contribution in [0.15, 0.2) is 24.3 Å². The Kier molecular flexibility index (Phi) is 5.16. The lowest BCUT2D eigenvalue weighted by atomic mass is 10.2. The van der Waals surface area contributed by atoms with Crippen molar-refractivity contribution in [2.45, 2.75) is 32.4 Å². The highest BCUT2D eigenvalue weighted by Crippen LogP contribution is 2.30. The molecule has 0 bridgehead atoms. The molecule has 1 fully saturated rings. The number of aliphatic hydroxyl groups is 1. The van der Waals surface area contributed by atoms with E-state index >= 15 is 0 Å². The Balaban J connectivity index is 1.76. The number of carbonyl (C=O) groups is 2. The van der Waals surface area contributed by atoms with Gasteiger partial charge in [0.1, 0.15) is 0 Å². The van der Waals surface area contributed by atoms with Gasteiger partial charge in [-0.1, -0.05) is 12.1 Å². The van der Waals surface area contributed by atoms with E-state index in [9.17, 15) is 9.59 Å². The van der Waals surface area contributed by atoms with Gasteiger partial charge in [-0.05, 0) is 37.5 Å². The van der Waals surface area contributed by atoms with Crippen molar-refractivity contribution in [3.63, 3.8) is 0 Å². The zero-order valence-corrected chi connectivity index (χ0v) is 12.1. The summed E-state index contributed by atoms with van der Waals surface area (Å²) in [5, 5.41) is 17.0. The molecule has 21 heavy (non-hydrogen) atoms. The van der Waals surface area contributed by atoms with E-state index in [1.54, 1.807) is 6.92 Å². The fourth-order valence-electron chi connectivity index (χ4n) is 1.80. The van der Waals surface area contributed by atoms with Gasteiger partial charge in [-0.25, -0.2) is 4.79 Å². The Morgan fingerprint density at radius 2 is 1.95 bits per heavy atom. The highest BCUT2D eigenvalue weighted by molar-refractivity contribution is 5.94. The highest BCUT2D eigenvalue weighted by Gasteiger charge is 2.29. The predicted octanol–water partition coefficient (Wildman–Crippen LogP) is 1.22. The Labute approximate surface area is 123 Å². The molecule has 6 heteroatoms. The molecular weight excluding hydrogens is 270 g/mol. The molecule has 0 aromatic heterocycles. The lowest BCUT2D eigenvalue weighted by molar-refractivity contribution is -0.117. The van der Waals surface area contributed by atoms with Crippen molar-refractivity contribution in [3.8, 4) is 0 Å². The van der Waals surface area contributed by atoms with E-state index in [0.717, 1.165) is 24.1 Å². The second kappa shape index (κ2) is 7.08. The van der Waals surface area contributed by atoms with Crippen LogP contribution in [0.3, 0.4) is 0 Å². The molecule has 0 aliphatic heterocycles. The number of urea groups is 1. The maximum absolute atomic E-state index is 11.6. The summed E-state index contributed by atoms with van der Waals surface area (Å²) in [4.78, 5) is 23.1. The van der Waals surface area contributed by atoms with Crippen LogP contribution in [-0.2, 0) is 11.3 Å². The van der Waals surface area contributed by atoms with E-state index in [-0.39, 0.29) is 30.5 Å². The predicted molar refractivity (Wildman–Crippen MR) is 79.7 cm³/mol. The van der Waals surface area contributed by atoms with Crippen LogP contribution in [0.2, 0.25) is 0 Å². The quantitative estimate of drug-likeness (QED) is 0.635. The van der Waals surface area contributed by atoms with Crippen molar-refractivity contribution < 1.29 is 14.7 Å². The van der Waals surface area contributed by atoms with Crippen LogP contribution in [-0.4, -0.2) is 29.7 Å². The number of benzene rings is 1. The van der Waals surface area contributed by atoms with Crippen LogP contribution in [0.5, 0.6) is 0 Å². The largest absolute Gasteiger partial charge is 0.394 e. The number of amides is 3. The molecule has 1 saturated carbocycles. The van der Waals surface area contributed by atoms with Gasteiger partial charge in [-0.2, -0.15) is 0 Å². The number of hydrogen-bond acceptors (Lipinski definition) is 3. The molecule has 6 nitrogen and oxygen atoms in total. The monoisotopic (exact) mass is 291 g/mol. The summed E-state index contributed by atoms with van der Waals surface area (Å²) in [6, 6.07) is 6.78. The lowest BCUT2D eigenvalue weighted by Crippen LogP contribution is -2.41. The Bertz CT molecular complexity index is 497. The third-order valence-corrected chi connectivity index (χ3v) is 3.27. The zero-order chi connectivity index (χ0) is 15.2. The molecule has 0 radical (unpaired) electrons. The van der Waals surface area contributed by atoms with Crippen LogP contribution < -0.4 is 16.0 Å². The third kappa shape index (κ3) is 5.07. The first kappa shape index (κ1) is 15.3. The average Bonchev–Trinajstić information content (AvgIpc) is 3.31. The van der Waals surface area contributed by atoms with E-state index in [1.807, 2.05) is 24.3 Å². The minimum absolute atomic E-state index is 0.0817. The second-order valence-electron chi connectivity index (χ2n) is 5.37. The van der Waals surface area contributed by atoms with E-state index in [0.29, 0.717) is 6.54 Å². The fraction of sp³-hybridized carbons (Fsp3) is 0.467. The van der Waals surface area contributed by atoms with Gasteiger partial charge >= 0.3 is 6.03 Å². The van der Waals surface area contributed by atoms with Gasteiger partial charge in [0.2, 0.25) is 5.91 Å². The van der Waals surface area contributed by atoms with Crippen LogP contribution >= 0.6 is 0 Å². The molecule has 1 aromatic rings. The van der Waals surface area contributed by atoms with E-state index < -0.39 is 0 Å². The van der Waals surface area contributed by atoms with Crippen molar-refractivity contribution in [3.05, 3.63) is 29.8 Å². The fourth-order valence-corrected chi connectivity index (χ4v) is 1.80. The summed E-state index contributed by atoms with van der Waals surface area (Å²) in [5.74, 6) is 0.266. The number of hydrogen-bond donors (Lipinski definition) is 4. The standard InChI is InChI=1S/C15H21N3O3/c1-10(9-19)17-15(21)16-8-11-2-6-13(7-3-11)18-14(20)12-4-5-12/h2-3,6-7,10,12,19H,4-5,8-9H2,1H3,(H,18,20)(H2,16,17,21)/t10-/m0/s1. The summed E-state index contributed by atoms with van der Waals surface area (Å²) in [5.41, 5.74) is 1.71. The van der Waals surface area contributed by atoms with Gasteiger partial charge in [0.15, 0.2) is 0 Å². The Morgan fingerprint density at radius 3 is 2.52 bits per heavy atom. The van der Waals surface area contributed by atoms with Crippen molar-refractivity contribution in [2.24, 2.45) is 5.92 Å². The smallest absolute Gasteiger partial charge is 0.315 e. The van der Waals surface area contributed by atoms with Crippen LogP contribution in [0.4, 0.5) is 10.5 Å². The van der Waals surface area contributed by atoms with Crippen molar-refractivity contribution in [1.29, 1.82) is 0 Å². The minimum atomic E-state index is -0.317. The zero-order valence-electron chi connectivity index (χ0n) is 12.1. The average molecular weight is 291 g/mol. The van der Waals surface area contributed by atoms with E-state index in [1.165, 1.54) is 0 Å². The molecule has 114 valence electrons. The van der Waals surface area contributed by atoms with E-state index in [2.05, 4.69) is 16.0 Å². The number of carbonyl (C=O) groups excluding carboxylic acids is 2. The molecule has 2 rings (SSSR count). The maximum Gasteiger partial charge on any atom is 0.315 e. The van der Waals surface area contributed by atoms with E-state index in [4.69, 9.17) is 5.11 Å². The van der Waals surface area contributed by atoms with Gasteiger partial charge in [-0.15, -0.1) is 0 Å². The number of aliphatic hydroxyl groups excluding tert-OH is 1. The van der Waals surface area contributed by atoms with Gasteiger partial charge in [0, 0.05) is 18.2 Å². The molecular formula is C15H21N3O3. The molecule has 0 spiro atoms. The summed E-state index contributed by atoms with van der Waals surface area (Å²) < 4.78 is 0. The number of nitrogens with one attached hydrogen (secondary N) is 3. The first-order valence-corrected chi connectivity index (χ1v) is 7.13. The molecule has 1 aromatic carbocycles. The SMILES string of the molecule is C[C@@H](CO)NC(=O)NCc1ccc(NC(=O)C2CC2)cc1. The second-order valence-corrected chi connectivity index (χ2v) is 5.37. The Morgan fingerprint density at radius 1 is 1.29 bits per heavy atom. The van der Waals surface area contributed by atoms with Crippen molar-refractivity contribution in [2.75, 3.05) is 11.9 Å². The molecule has 1 atom stereocenters. The maximum atomic E-state index is 11.6. The molecule has 0 saturated heterocycles.